The first kappa shape index (κ1) is 13.3. The van der Waals surface area contributed by atoms with E-state index in [0.717, 1.165) is 49.6 Å². The first-order chi connectivity index (χ1) is 10.3. The standard InChI is InChI=1S/C18H23FN2/c19-17-3-1-2-4-18(17)21-9-7-20(8-10-21)13-16-12-14-5-6-15(16)11-14/h1-6,14-16H,7-13H2/t14-,15-,16-/m1/s1. The molecular formula is C18H23FN2. The summed E-state index contributed by atoms with van der Waals surface area (Å²) < 4.78 is 13.8. The van der Waals surface area contributed by atoms with E-state index < -0.39 is 0 Å². The Morgan fingerprint density at radius 1 is 1.00 bits per heavy atom. The predicted octanol–water partition coefficient (Wildman–Crippen LogP) is 3.16. The summed E-state index contributed by atoms with van der Waals surface area (Å²) in [6.07, 6.45) is 7.63. The van der Waals surface area contributed by atoms with Crippen molar-refractivity contribution < 1.29 is 4.39 Å². The van der Waals surface area contributed by atoms with Gasteiger partial charge in [0.05, 0.1) is 5.69 Å². The molecule has 3 heteroatoms. The molecule has 1 aromatic rings. The molecule has 3 aliphatic rings. The Bertz CT molecular complexity index is 534. The lowest BCUT2D eigenvalue weighted by molar-refractivity contribution is 0.204. The van der Waals surface area contributed by atoms with E-state index >= 15 is 0 Å². The Balaban J connectivity index is 1.33. The smallest absolute Gasteiger partial charge is 0.146 e. The Morgan fingerprint density at radius 2 is 1.81 bits per heavy atom. The summed E-state index contributed by atoms with van der Waals surface area (Å²) in [4.78, 5) is 4.77. The van der Waals surface area contributed by atoms with E-state index in [4.69, 9.17) is 0 Å². The second kappa shape index (κ2) is 5.45. The molecule has 2 fully saturated rings. The molecule has 1 saturated carbocycles. The first-order valence-electron chi connectivity index (χ1n) is 8.20. The monoisotopic (exact) mass is 286 g/mol. The minimum absolute atomic E-state index is 0.0933. The van der Waals surface area contributed by atoms with Gasteiger partial charge < -0.3 is 4.90 Å². The number of anilines is 1. The molecule has 1 saturated heterocycles. The Morgan fingerprint density at radius 3 is 2.48 bits per heavy atom. The summed E-state index contributed by atoms with van der Waals surface area (Å²) in [5.41, 5.74) is 0.764. The Kier molecular flexibility index (Phi) is 3.46. The summed E-state index contributed by atoms with van der Waals surface area (Å²) in [6.45, 7) is 5.24. The normalized spacial score (nSPS) is 32.0. The molecule has 3 atom stereocenters. The number of para-hydroxylation sites is 1. The minimum atomic E-state index is -0.0933. The maximum Gasteiger partial charge on any atom is 0.146 e. The quantitative estimate of drug-likeness (QED) is 0.788. The van der Waals surface area contributed by atoms with Crippen molar-refractivity contribution in [2.75, 3.05) is 37.6 Å². The van der Waals surface area contributed by atoms with Crippen molar-refractivity contribution in [3.8, 4) is 0 Å². The SMILES string of the molecule is Fc1ccccc1N1CCN(C[C@H]2C[C@@H]3C=C[C@@H]2C3)CC1. The van der Waals surface area contributed by atoms with Crippen LogP contribution in [-0.4, -0.2) is 37.6 Å². The van der Waals surface area contributed by atoms with Gasteiger partial charge in [-0.3, -0.25) is 4.90 Å². The highest BCUT2D eigenvalue weighted by molar-refractivity contribution is 5.47. The molecule has 1 aliphatic heterocycles. The predicted molar refractivity (Wildman–Crippen MR) is 83.9 cm³/mol. The number of fused-ring (bicyclic) bond motifs is 2. The number of hydrogen-bond acceptors (Lipinski definition) is 2. The summed E-state index contributed by atoms with van der Waals surface area (Å²) in [6, 6.07) is 7.14. The van der Waals surface area contributed by atoms with Crippen molar-refractivity contribution in [2.24, 2.45) is 17.8 Å². The number of halogens is 1. The molecule has 0 unspecified atom stereocenters. The second-order valence-corrected chi connectivity index (χ2v) is 6.78. The van der Waals surface area contributed by atoms with Gasteiger partial charge in [-0.1, -0.05) is 24.3 Å². The van der Waals surface area contributed by atoms with Crippen LogP contribution in [0.5, 0.6) is 0 Å². The zero-order valence-electron chi connectivity index (χ0n) is 12.4. The van der Waals surface area contributed by atoms with Gasteiger partial charge in [0.1, 0.15) is 5.82 Å². The van der Waals surface area contributed by atoms with Crippen LogP contribution in [0.25, 0.3) is 0 Å². The third kappa shape index (κ3) is 2.59. The van der Waals surface area contributed by atoms with Gasteiger partial charge >= 0.3 is 0 Å². The topological polar surface area (TPSA) is 6.48 Å². The van der Waals surface area contributed by atoms with Crippen LogP contribution >= 0.6 is 0 Å². The molecule has 1 aromatic carbocycles. The average Bonchev–Trinajstić information content (AvgIpc) is 3.11. The Labute approximate surface area is 126 Å². The summed E-state index contributed by atoms with van der Waals surface area (Å²) >= 11 is 0. The third-order valence-electron chi connectivity index (χ3n) is 5.47. The fraction of sp³-hybridized carbons (Fsp3) is 0.556. The fourth-order valence-corrected chi connectivity index (χ4v) is 4.32. The van der Waals surface area contributed by atoms with Gasteiger partial charge in [0.15, 0.2) is 0 Å². The maximum atomic E-state index is 13.8. The maximum absolute atomic E-state index is 13.8. The molecule has 1 heterocycles. The fourth-order valence-electron chi connectivity index (χ4n) is 4.32. The van der Waals surface area contributed by atoms with Crippen LogP contribution in [0.2, 0.25) is 0 Å². The summed E-state index contributed by atoms with van der Waals surface area (Å²) in [5.74, 6) is 2.46. The van der Waals surface area contributed by atoms with Crippen LogP contribution in [0.4, 0.5) is 10.1 Å². The minimum Gasteiger partial charge on any atom is -0.367 e. The molecule has 4 rings (SSSR count). The van der Waals surface area contributed by atoms with Gasteiger partial charge in [0.2, 0.25) is 0 Å². The molecule has 0 amide bonds. The van der Waals surface area contributed by atoms with Gasteiger partial charge in [-0.2, -0.15) is 0 Å². The van der Waals surface area contributed by atoms with Crippen LogP contribution < -0.4 is 4.90 Å². The summed E-state index contributed by atoms with van der Waals surface area (Å²) in [5, 5.41) is 0. The number of rotatable bonds is 3. The number of allylic oxidation sites excluding steroid dienone is 2. The van der Waals surface area contributed by atoms with Crippen LogP contribution in [-0.2, 0) is 0 Å². The van der Waals surface area contributed by atoms with Crippen molar-refractivity contribution in [3.05, 3.63) is 42.2 Å². The van der Waals surface area contributed by atoms with Gasteiger partial charge in [0.25, 0.3) is 0 Å². The molecule has 0 aromatic heterocycles. The zero-order chi connectivity index (χ0) is 14.2. The summed E-state index contributed by atoms with van der Waals surface area (Å²) in [7, 11) is 0. The second-order valence-electron chi connectivity index (χ2n) is 6.78. The number of piperazine rings is 1. The third-order valence-corrected chi connectivity index (χ3v) is 5.47. The Hall–Kier alpha value is -1.35. The van der Waals surface area contributed by atoms with Gasteiger partial charge in [-0.15, -0.1) is 0 Å². The molecule has 2 nitrogen and oxygen atoms in total. The largest absolute Gasteiger partial charge is 0.367 e. The van der Waals surface area contributed by atoms with E-state index in [1.165, 1.54) is 19.4 Å². The lowest BCUT2D eigenvalue weighted by atomic mass is 9.93. The van der Waals surface area contributed by atoms with Crippen molar-refractivity contribution in [1.29, 1.82) is 0 Å². The van der Waals surface area contributed by atoms with Crippen molar-refractivity contribution in [2.45, 2.75) is 12.8 Å². The van der Waals surface area contributed by atoms with Crippen LogP contribution in [0.15, 0.2) is 36.4 Å². The van der Waals surface area contributed by atoms with Crippen LogP contribution in [0, 0.1) is 23.6 Å². The highest BCUT2D eigenvalue weighted by Gasteiger charge is 2.36. The lowest BCUT2D eigenvalue weighted by Crippen LogP contribution is -2.48. The van der Waals surface area contributed by atoms with Gasteiger partial charge in [-0.05, 0) is 42.7 Å². The van der Waals surface area contributed by atoms with E-state index in [0.29, 0.717) is 0 Å². The van der Waals surface area contributed by atoms with Gasteiger partial charge in [-0.25, -0.2) is 4.39 Å². The molecule has 0 radical (unpaired) electrons. The van der Waals surface area contributed by atoms with Crippen molar-refractivity contribution >= 4 is 5.69 Å². The van der Waals surface area contributed by atoms with Crippen LogP contribution in [0.3, 0.4) is 0 Å². The molecule has 21 heavy (non-hydrogen) atoms. The van der Waals surface area contributed by atoms with E-state index in [1.54, 1.807) is 12.1 Å². The van der Waals surface area contributed by atoms with E-state index in [2.05, 4.69) is 22.0 Å². The average molecular weight is 286 g/mol. The molecular weight excluding hydrogens is 263 g/mol. The lowest BCUT2D eigenvalue weighted by Gasteiger charge is -2.38. The number of benzene rings is 1. The molecule has 112 valence electrons. The number of nitrogens with zero attached hydrogens (tertiary/aromatic N) is 2. The molecule has 2 bridgehead atoms. The van der Waals surface area contributed by atoms with Crippen molar-refractivity contribution in [3.63, 3.8) is 0 Å². The van der Waals surface area contributed by atoms with Crippen molar-refractivity contribution in [1.82, 2.24) is 4.90 Å². The van der Waals surface area contributed by atoms with E-state index in [9.17, 15) is 4.39 Å². The molecule has 0 spiro atoms. The highest BCUT2D eigenvalue weighted by atomic mass is 19.1. The zero-order valence-corrected chi connectivity index (χ0v) is 12.4. The van der Waals surface area contributed by atoms with Crippen LogP contribution in [0.1, 0.15) is 12.8 Å². The van der Waals surface area contributed by atoms with Gasteiger partial charge in [0, 0.05) is 32.7 Å². The number of hydrogen-bond donors (Lipinski definition) is 0. The van der Waals surface area contributed by atoms with E-state index in [-0.39, 0.29) is 5.82 Å². The highest BCUT2D eigenvalue weighted by Crippen LogP contribution is 2.43. The first-order valence-corrected chi connectivity index (χ1v) is 8.20. The molecule has 0 N–H and O–H groups in total. The van der Waals surface area contributed by atoms with E-state index in [1.807, 2.05) is 12.1 Å². The molecule has 2 aliphatic carbocycles.